The van der Waals surface area contributed by atoms with Gasteiger partial charge in [0.1, 0.15) is 23.4 Å². The van der Waals surface area contributed by atoms with E-state index in [1.54, 1.807) is 6.33 Å². The Hall–Kier alpha value is -2.31. The van der Waals surface area contributed by atoms with E-state index < -0.39 is 5.60 Å². The summed E-state index contributed by atoms with van der Waals surface area (Å²) in [6.07, 6.45) is 3.29. The van der Waals surface area contributed by atoms with Gasteiger partial charge in [-0.2, -0.15) is 0 Å². The lowest BCUT2D eigenvalue weighted by Gasteiger charge is -2.44. The van der Waals surface area contributed by atoms with Crippen molar-refractivity contribution in [3.8, 4) is 0 Å². The Morgan fingerprint density at radius 3 is 2.64 bits per heavy atom. The van der Waals surface area contributed by atoms with Crippen LogP contribution in [0.4, 0.5) is 10.6 Å². The van der Waals surface area contributed by atoms with E-state index in [9.17, 15) is 4.79 Å². The number of carbonyl (C=O) groups is 1. The Balaban J connectivity index is 1.85. The van der Waals surface area contributed by atoms with Gasteiger partial charge in [0.05, 0.1) is 5.39 Å². The first-order valence-corrected chi connectivity index (χ1v) is 8.72. The molecule has 0 saturated carbocycles. The number of ether oxygens (including phenoxy) is 1. The zero-order valence-corrected chi connectivity index (χ0v) is 15.8. The van der Waals surface area contributed by atoms with Crippen molar-refractivity contribution in [3.05, 3.63) is 18.1 Å². The summed E-state index contributed by atoms with van der Waals surface area (Å²) >= 11 is 0. The van der Waals surface area contributed by atoms with E-state index >= 15 is 0 Å². The van der Waals surface area contributed by atoms with Crippen molar-refractivity contribution < 1.29 is 9.53 Å². The van der Waals surface area contributed by atoms with E-state index in [0.717, 1.165) is 22.4 Å². The molecule has 136 valence electrons. The quantitative estimate of drug-likeness (QED) is 0.859. The number of fused-ring (bicyclic) bond motifs is 1. The smallest absolute Gasteiger partial charge is 0.410 e. The van der Waals surface area contributed by atoms with Crippen LogP contribution in [0.3, 0.4) is 0 Å². The van der Waals surface area contributed by atoms with Crippen LogP contribution in [0.1, 0.15) is 40.2 Å². The number of nitrogens with one attached hydrogen (secondary N) is 1. The molecule has 1 fully saturated rings. The third kappa shape index (κ3) is 3.41. The molecular weight excluding hydrogens is 318 g/mol. The van der Waals surface area contributed by atoms with Gasteiger partial charge in [-0.05, 0) is 47.1 Å². The molecule has 3 rings (SSSR count). The van der Waals surface area contributed by atoms with Crippen molar-refractivity contribution in [3.63, 3.8) is 0 Å². The largest absolute Gasteiger partial charge is 0.444 e. The van der Waals surface area contributed by atoms with Gasteiger partial charge in [0, 0.05) is 31.4 Å². The molecule has 0 bridgehead atoms. The predicted molar refractivity (Wildman–Crippen MR) is 97.8 cm³/mol. The molecule has 2 aromatic heterocycles. The Labute approximate surface area is 148 Å². The number of carbonyl (C=O) groups excluding carboxylic acids is 1. The topological polar surface area (TPSA) is 74.4 Å². The monoisotopic (exact) mass is 345 g/mol. The molecule has 2 atom stereocenters. The SMILES string of the molecule is Cc1c[nH]c2ncnc(N3C[C@H](C)N(C(=O)OC(C)(C)C)CC3C)c12. The fourth-order valence-corrected chi connectivity index (χ4v) is 3.31. The lowest BCUT2D eigenvalue weighted by atomic mass is 10.1. The lowest BCUT2D eigenvalue weighted by Crippen LogP contribution is -2.59. The molecule has 1 aliphatic heterocycles. The number of hydrogen-bond acceptors (Lipinski definition) is 5. The first-order valence-electron chi connectivity index (χ1n) is 8.72. The second kappa shape index (κ2) is 6.20. The average molecular weight is 345 g/mol. The molecule has 0 spiro atoms. The number of H-pyrrole nitrogens is 1. The fraction of sp³-hybridized carbons (Fsp3) is 0.611. The molecule has 1 amide bonds. The number of aryl methyl sites for hydroxylation is 1. The molecule has 1 saturated heterocycles. The summed E-state index contributed by atoms with van der Waals surface area (Å²) in [5, 5.41) is 1.05. The maximum absolute atomic E-state index is 12.5. The van der Waals surface area contributed by atoms with Crippen LogP contribution in [0, 0.1) is 6.92 Å². The molecule has 1 aliphatic rings. The van der Waals surface area contributed by atoms with E-state index in [-0.39, 0.29) is 18.2 Å². The number of nitrogens with zero attached hydrogens (tertiary/aromatic N) is 4. The highest BCUT2D eigenvalue weighted by Gasteiger charge is 2.35. The molecule has 2 aromatic rings. The molecule has 25 heavy (non-hydrogen) atoms. The predicted octanol–water partition coefficient (Wildman–Crippen LogP) is 3.10. The maximum Gasteiger partial charge on any atom is 0.410 e. The van der Waals surface area contributed by atoms with E-state index in [1.807, 2.05) is 38.8 Å². The molecule has 0 radical (unpaired) electrons. The minimum absolute atomic E-state index is 0.0373. The number of amides is 1. The van der Waals surface area contributed by atoms with Gasteiger partial charge < -0.3 is 19.5 Å². The summed E-state index contributed by atoms with van der Waals surface area (Å²) in [7, 11) is 0. The summed E-state index contributed by atoms with van der Waals surface area (Å²) < 4.78 is 5.55. The molecule has 7 heteroatoms. The Morgan fingerprint density at radius 1 is 1.24 bits per heavy atom. The van der Waals surface area contributed by atoms with Gasteiger partial charge in [-0.15, -0.1) is 0 Å². The molecule has 0 aliphatic carbocycles. The van der Waals surface area contributed by atoms with Crippen LogP contribution in [0.5, 0.6) is 0 Å². The number of piperazine rings is 1. The molecule has 1 N–H and O–H groups in total. The van der Waals surface area contributed by atoms with Crippen molar-refractivity contribution in [1.29, 1.82) is 0 Å². The van der Waals surface area contributed by atoms with Gasteiger partial charge in [-0.1, -0.05) is 0 Å². The lowest BCUT2D eigenvalue weighted by molar-refractivity contribution is 0.0130. The van der Waals surface area contributed by atoms with Crippen molar-refractivity contribution >= 4 is 22.9 Å². The number of rotatable bonds is 1. The third-order valence-electron chi connectivity index (χ3n) is 4.53. The zero-order valence-electron chi connectivity index (χ0n) is 15.8. The van der Waals surface area contributed by atoms with E-state index in [0.29, 0.717) is 13.1 Å². The summed E-state index contributed by atoms with van der Waals surface area (Å²) in [4.78, 5) is 28.6. The molecular formula is C18H27N5O2. The Bertz CT molecular complexity index is 779. The van der Waals surface area contributed by atoms with Crippen LogP contribution >= 0.6 is 0 Å². The molecule has 7 nitrogen and oxygen atoms in total. The number of aromatic amines is 1. The van der Waals surface area contributed by atoms with E-state index in [1.165, 1.54) is 0 Å². The van der Waals surface area contributed by atoms with E-state index in [2.05, 4.69) is 33.7 Å². The number of anilines is 1. The third-order valence-corrected chi connectivity index (χ3v) is 4.53. The standard InChI is InChI=1S/C18H27N5O2/c1-11-7-19-15-14(11)16(21-10-20-15)22-8-13(3)23(9-12(22)2)17(24)25-18(4,5)6/h7,10,12-13H,8-9H2,1-6H3,(H,19,20,21)/t12?,13-/m0/s1. The van der Waals surface area contributed by atoms with Gasteiger partial charge >= 0.3 is 6.09 Å². The number of aromatic nitrogens is 3. The van der Waals surface area contributed by atoms with Gasteiger partial charge in [-0.25, -0.2) is 14.8 Å². The zero-order chi connectivity index (χ0) is 18.4. The van der Waals surface area contributed by atoms with Gasteiger partial charge in [0.2, 0.25) is 0 Å². The first-order chi connectivity index (χ1) is 11.7. The second-order valence-electron chi connectivity index (χ2n) is 7.88. The highest BCUT2D eigenvalue weighted by Crippen LogP contribution is 2.30. The van der Waals surface area contributed by atoms with Crippen LogP contribution in [0.15, 0.2) is 12.5 Å². The molecule has 0 aromatic carbocycles. The van der Waals surface area contributed by atoms with Gasteiger partial charge in [0.25, 0.3) is 0 Å². The maximum atomic E-state index is 12.5. The van der Waals surface area contributed by atoms with Crippen molar-refractivity contribution in [2.45, 2.75) is 59.2 Å². The van der Waals surface area contributed by atoms with Crippen molar-refractivity contribution in [2.75, 3.05) is 18.0 Å². The fourth-order valence-electron chi connectivity index (χ4n) is 3.31. The summed E-state index contributed by atoms with van der Waals surface area (Å²) in [6, 6.07) is 0.173. The Kier molecular flexibility index (Phi) is 4.34. The molecule has 1 unspecified atom stereocenters. The summed E-state index contributed by atoms with van der Waals surface area (Å²) in [5.74, 6) is 0.923. The van der Waals surface area contributed by atoms with Crippen LogP contribution in [-0.4, -0.2) is 56.7 Å². The average Bonchev–Trinajstić information content (AvgIpc) is 2.89. The summed E-state index contributed by atoms with van der Waals surface area (Å²) in [6.45, 7) is 13.2. The Morgan fingerprint density at radius 2 is 1.96 bits per heavy atom. The van der Waals surface area contributed by atoms with Crippen LogP contribution in [0.2, 0.25) is 0 Å². The van der Waals surface area contributed by atoms with E-state index in [4.69, 9.17) is 4.74 Å². The first kappa shape index (κ1) is 17.5. The minimum Gasteiger partial charge on any atom is -0.444 e. The molecule has 3 heterocycles. The van der Waals surface area contributed by atoms with Crippen LogP contribution in [0.25, 0.3) is 11.0 Å². The second-order valence-corrected chi connectivity index (χ2v) is 7.88. The van der Waals surface area contributed by atoms with Gasteiger partial charge in [0.15, 0.2) is 0 Å². The number of hydrogen-bond donors (Lipinski definition) is 1. The van der Waals surface area contributed by atoms with Crippen LogP contribution < -0.4 is 4.90 Å². The van der Waals surface area contributed by atoms with Crippen molar-refractivity contribution in [1.82, 2.24) is 19.9 Å². The normalized spacial score (nSPS) is 21.7. The summed E-state index contributed by atoms with van der Waals surface area (Å²) in [5.41, 5.74) is 1.48. The van der Waals surface area contributed by atoms with Gasteiger partial charge in [-0.3, -0.25) is 0 Å². The van der Waals surface area contributed by atoms with Crippen LogP contribution in [-0.2, 0) is 4.74 Å². The highest BCUT2D eigenvalue weighted by atomic mass is 16.6. The minimum atomic E-state index is -0.488. The highest BCUT2D eigenvalue weighted by molar-refractivity contribution is 5.90. The van der Waals surface area contributed by atoms with Crippen molar-refractivity contribution in [2.24, 2.45) is 0 Å².